The van der Waals surface area contributed by atoms with Crippen LogP contribution in [0.15, 0.2) is 54.6 Å². The molecule has 0 radical (unpaired) electrons. The van der Waals surface area contributed by atoms with E-state index < -0.39 is 0 Å². The lowest BCUT2D eigenvalue weighted by Crippen LogP contribution is -2.30. The summed E-state index contributed by atoms with van der Waals surface area (Å²) >= 11 is 0. The topological polar surface area (TPSA) is 32.3 Å². The van der Waals surface area contributed by atoms with E-state index >= 15 is 0 Å². The minimum Gasteiger partial charge on any atom is -0.332 e. The number of carbonyl (C=O) groups is 1. The van der Waals surface area contributed by atoms with Gasteiger partial charge in [-0.25, -0.2) is 0 Å². The minimum absolute atomic E-state index is 0.0809. The fraction of sp³-hybridized carbons (Fsp3) is 0.235. The molecule has 3 heteroatoms. The van der Waals surface area contributed by atoms with Crippen LogP contribution < -0.4 is 5.32 Å². The van der Waals surface area contributed by atoms with Gasteiger partial charge in [0.2, 0.25) is 5.91 Å². The highest BCUT2D eigenvalue weighted by molar-refractivity contribution is 5.83. The lowest BCUT2D eigenvalue weighted by molar-refractivity contribution is -0.127. The highest BCUT2D eigenvalue weighted by Gasteiger charge is 2.28. The van der Waals surface area contributed by atoms with Crippen LogP contribution in [0.25, 0.3) is 11.1 Å². The number of nitrogens with zero attached hydrogens (tertiary/aromatic N) is 1. The lowest BCUT2D eigenvalue weighted by Gasteiger charge is -2.10. The van der Waals surface area contributed by atoms with E-state index in [0.29, 0.717) is 6.67 Å². The summed E-state index contributed by atoms with van der Waals surface area (Å²) in [5, 5.41) is 3.23. The van der Waals surface area contributed by atoms with Crippen LogP contribution >= 0.6 is 0 Å². The summed E-state index contributed by atoms with van der Waals surface area (Å²) in [4.78, 5) is 13.6. The summed E-state index contributed by atoms with van der Waals surface area (Å²) < 4.78 is 0. The second-order valence-corrected chi connectivity index (χ2v) is 5.22. The second kappa shape index (κ2) is 5.47. The maximum atomic E-state index is 11.9. The zero-order valence-electron chi connectivity index (χ0n) is 11.5. The van der Waals surface area contributed by atoms with E-state index in [1.165, 1.54) is 16.7 Å². The van der Waals surface area contributed by atoms with E-state index in [2.05, 4.69) is 41.7 Å². The fourth-order valence-corrected chi connectivity index (χ4v) is 2.54. The molecule has 1 saturated heterocycles. The number of amides is 1. The summed E-state index contributed by atoms with van der Waals surface area (Å²) in [5.74, 6) is 0.178. The Bertz CT molecular complexity index is 592. The number of hydrogen-bond donors (Lipinski definition) is 1. The van der Waals surface area contributed by atoms with Gasteiger partial charge in [0.15, 0.2) is 0 Å². The number of rotatable bonds is 3. The van der Waals surface area contributed by atoms with Crippen LogP contribution in [0, 0.1) is 0 Å². The first-order valence-corrected chi connectivity index (χ1v) is 6.87. The van der Waals surface area contributed by atoms with Gasteiger partial charge in [-0.2, -0.15) is 0 Å². The maximum absolute atomic E-state index is 11.9. The molecular weight excluding hydrogens is 248 g/mol. The van der Waals surface area contributed by atoms with Gasteiger partial charge in [-0.15, -0.1) is 0 Å². The summed E-state index contributed by atoms with van der Waals surface area (Å²) in [5.41, 5.74) is 3.61. The average Bonchev–Trinajstić information content (AvgIpc) is 2.81. The molecule has 20 heavy (non-hydrogen) atoms. The number of hydrogen-bond acceptors (Lipinski definition) is 2. The largest absolute Gasteiger partial charge is 0.332 e. The normalized spacial score (nSPS) is 18.6. The monoisotopic (exact) mass is 266 g/mol. The predicted molar refractivity (Wildman–Crippen MR) is 80.1 cm³/mol. The van der Waals surface area contributed by atoms with Gasteiger partial charge in [0.05, 0.1) is 12.7 Å². The molecule has 1 atom stereocenters. The van der Waals surface area contributed by atoms with E-state index in [0.717, 1.165) is 6.42 Å². The van der Waals surface area contributed by atoms with E-state index in [1.807, 2.05) is 25.2 Å². The van der Waals surface area contributed by atoms with Crippen molar-refractivity contribution in [3.05, 3.63) is 60.2 Å². The van der Waals surface area contributed by atoms with Crippen molar-refractivity contribution in [1.29, 1.82) is 0 Å². The molecule has 1 fully saturated rings. The van der Waals surface area contributed by atoms with Gasteiger partial charge in [-0.1, -0.05) is 54.6 Å². The van der Waals surface area contributed by atoms with Crippen molar-refractivity contribution in [1.82, 2.24) is 10.2 Å². The number of carbonyl (C=O) groups excluding carboxylic acids is 1. The van der Waals surface area contributed by atoms with Crippen molar-refractivity contribution in [3.8, 4) is 11.1 Å². The molecular formula is C17H18N2O. The molecule has 0 aliphatic carbocycles. The van der Waals surface area contributed by atoms with Crippen LogP contribution in [-0.4, -0.2) is 30.6 Å². The zero-order chi connectivity index (χ0) is 13.9. The van der Waals surface area contributed by atoms with Gasteiger partial charge in [-0.3, -0.25) is 10.1 Å². The highest BCUT2D eigenvalue weighted by Crippen LogP contribution is 2.20. The van der Waals surface area contributed by atoms with Crippen molar-refractivity contribution in [2.75, 3.05) is 13.7 Å². The first-order chi connectivity index (χ1) is 9.74. The van der Waals surface area contributed by atoms with E-state index in [1.54, 1.807) is 4.90 Å². The summed E-state index contributed by atoms with van der Waals surface area (Å²) in [6.45, 7) is 0.644. The fourth-order valence-electron chi connectivity index (χ4n) is 2.54. The standard InChI is InChI=1S/C17H18N2O/c1-19-12-18-16(17(19)20)11-13-7-9-15(10-8-13)14-5-3-2-4-6-14/h2-10,16,18H,11-12H2,1H3/t16-/m0/s1. The van der Waals surface area contributed by atoms with Crippen LogP contribution in [0.5, 0.6) is 0 Å². The lowest BCUT2D eigenvalue weighted by atomic mass is 10.0. The molecule has 1 aliphatic heterocycles. The molecule has 1 N–H and O–H groups in total. The SMILES string of the molecule is CN1CN[C@@H](Cc2ccc(-c3ccccc3)cc2)C1=O. The van der Waals surface area contributed by atoms with Crippen LogP contribution in [0.2, 0.25) is 0 Å². The molecule has 0 aromatic heterocycles. The second-order valence-electron chi connectivity index (χ2n) is 5.22. The molecule has 3 rings (SSSR count). The predicted octanol–water partition coefficient (Wildman–Crippen LogP) is 2.28. The third-order valence-electron chi connectivity index (χ3n) is 3.75. The minimum atomic E-state index is -0.0809. The molecule has 1 amide bonds. The third kappa shape index (κ3) is 2.58. The summed E-state index contributed by atoms with van der Waals surface area (Å²) in [7, 11) is 1.83. The van der Waals surface area contributed by atoms with Crippen LogP contribution in [0.1, 0.15) is 5.56 Å². The van der Waals surface area contributed by atoms with E-state index in [-0.39, 0.29) is 11.9 Å². The Morgan fingerprint density at radius 2 is 1.70 bits per heavy atom. The Morgan fingerprint density at radius 1 is 1.05 bits per heavy atom. The molecule has 1 heterocycles. The van der Waals surface area contributed by atoms with Crippen molar-refractivity contribution in [2.24, 2.45) is 0 Å². The number of benzene rings is 2. The Morgan fingerprint density at radius 3 is 2.30 bits per heavy atom. The number of nitrogens with one attached hydrogen (secondary N) is 1. The van der Waals surface area contributed by atoms with Crippen molar-refractivity contribution in [3.63, 3.8) is 0 Å². The zero-order valence-corrected chi connectivity index (χ0v) is 11.5. The van der Waals surface area contributed by atoms with Crippen molar-refractivity contribution < 1.29 is 4.79 Å². The van der Waals surface area contributed by atoms with Gasteiger partial charge in [0, 0.05) is 7.05 Å². The van der Waals surface area contributed by atoms with Gasteiger partial charge >= 0.3 is 0 Å². The molecule has 0 spiro atoms. The average molecular weight is 266 g/mol. The van der Waals surface area contributed by atoms with Gasteiger partial charge in [0.1, 0.15) is 0 Å². The first kappa shape index (κ1) is 12.9. The molecule has 0 bridgehead atoms. The maximum Gasteiger partial charge on any atom is 0.240 e. The van der Waals surface area contributed by atoms with Crippen LogP contribution in [0.3, 0.4) is 0 Å². The molecule has 102 valence electrons. The Kier molecular flexibility index (Phi) is 3.52. The molecule has 0 saturated carbocycles. The third-order valence-corrected chi connectivity index (χ3v) is 3.75. The molecule has 3 nitrogen and oxygen atoms in total. The van der Waals surface area contributed by atoms with Crippen LogP contribution in [0.4, 0.5) is 0 Å². The highest BCUT2D eigenvalue weighted by atomic mass is 16.2. The Hall–Kier alpha value is -2.13. The molecule has 2 aromatic carbocycles. The quantitative estimate of drug-likeness (QED) is 0.924. The van der Waals surface area contributed by atoms with E-state index in [9.17, 15) is 4.79 Å². The molecule has 0 unspecified atom stereocenters. The number of likely N-dealkylation sites (N-methyl/N-ethyl adjacent to an activating group) is 1. The van der Waals surface area contributed by atoms with Gasteiger partial charge in [-0.05, 0) is 23.1 Å². The Labute approximate surface area is 119 Å². The molecule has 2 aromatic rings. The van der Waals surface area contributed by atoms with Crippen molar-refractivity contribution >= 4 is 5.91 Å². The van der Waals surface area contributed by atoms with Crippen LogP contribution in [-0.2, 0) is 11.2 Å². The first-order valence-electron chi connectivity index (χ1n) is 6.87. The Balaban J connectivity index is 1.72. The molecule has 1 aliphatic rings. The van der Waals surface area contributed by atoms with Gasteiger partial charge in [0.25, 0.3) is 0 Å². The van der Waals surface area contributed by atoms with Crippen molar-refractivity contribution in [2.45, 2.75) is 12.5 Å². The smallest absolute Gasteiger partial charge is 0.240 e. The van der Waals surface area contributed by atoms with E-state index in [4.69, 9.17) is 0 Å². The summed E-state index contributed by atoms with van der Waals surface area (Å²) in [6.07, 6.45) is 0.748. The van der Waals surface area contributed by atoms with Gasteiger partial charge < -0.3 is 4.90 Å². The summed E-state index contributed by atoms with van der Waals surface area (Å²) in [6, 6.07) is 18.7.